The summed E-state index contributed by atoms with van der Waals surface area (Å²) in [4.78, 5) is 48.2. The molecule has 1 atom stereocenters. The van der Waals surface area contributed by atoms with Crippen LogP contribution in [0.1, 0.15) is 42.4 Å². The number of amides is 5. The number of nitrogens with zero attached hydrogens (tertiary/aromatic N) is 5. The van der Waals surface area contributed by atoms with Crippen LogP contribution >= 0.6 is 0 Å². The number of carbonyl (C=O) groups excluding carboxylic acids is 3. The second-order valence-corrected chi connectivity index (χ2v) is 12.0. The molecule has 5 heterocycles. The molecule has 11 heteroatoms. The molecule has 0 bridgehead atoms. The number of fused-ring (bicyclic) bond motifs is 4. The summed E-state index contributed by atoms with van der Waals surface area (Å²) in [6.07, 6.45) is 6.09. The number of para-hydroxylation sites is 1. The molecule has 11 nitrogen and oxygen atoms in total. The molecule has 3 aromatic rings. The van der Waals surface area contributed by atoms with Gasteiger partial charge in [0.1, 0.15) is 6.04 Å². The van der Waals surface area contributed by atoms with Crippen LogP contribution in [0.3, 0.4) is 0 Å². The van der Waals surface area contributed by atoms with Gasteiger partial charge in [-0.2, -0.15) is 5.10 Å². The quantitative estimate of drug-likeness (QED) is 0.436. The Bertz CT molecular complexity index is 1490. The highest BCUT2D eigenvalue weighted by atomic mass is 16.2. The summed E-state index contributed by atoms with van der Waals surface area (Å²) < 4.78 is 0. The second-order valence-electron chi connectivity index (χ2n) is 12.0. The average Bonchev–Trinajstić information content (AvgIpc) is 3.69. The van der Waals surface area contributed by atoms with Gasteiger partial charge in [-0.25, -0.2) is 9.59 Å². The van der Waals surface area contributed by atoms with E-state index in [0.717, 1.165) is 52.9 Å². The first-order valence-electron chi connectivity index (χ1n) is 15.2. The van der Waals surface area contributed by atoms with E-state index in [1.165, 1.54) is 12.8 Å². The number of hydrogen-bond donors (Lipinski definition) is 3. The van der Waals surface area contributed by atoms with E-state index in [-0.39, 0.29) is 24.0 Å². The molecule has 2 aromatic carbocycles. The minimum absolute atomic E-state index is 0.0334. The number of piperidine rings is 1. The minimum Gasteiger partial charge on any atom is -0.335 e. The largest absolute Gasteiger partial charge is 0.335 e. The van der Waals surface area contributed by atoms with Gasteiger partial charge >= 0.3 is 12.1 Å². The molecule has 4 aliphatic rings. The maximum atomic E-state index is 13.9. The zero-order valence-corrected chi connectivity index (χ0v) is 23.8. The molecule has 4 aliphatic heterocycles. The van der Waals surface area contributed by atoms with E-state index in [4.69, 9.17) is 0 Å². The molecular formula is C31H38N8O3. The van der Waals surface area contributed by atoms with Crippen molar-refractivity contribution in [2.75, 3.05) is 44.6 Å². The highest BCUT2D eigenvalue weighted by Crippen LogP contribution is 2.29. The summed E-state index contributed by atoms with van der Waals surface area (Å²) in [7, 11) is 0. The summed E-state index contributed by atoms with van der Waals surface area (Å²) in [5, 5.41) is 14.4. The number of rotatable bonds is 5. The number of benzene rings is 2. The summed E-state index contributed by atoms with van der Waals surface area (Å²) in [5.74, 6) is -0.0334. The highest BCUT2D eigenvalue weighted by Gasteiger charge is 2.36. The fraction of sp³-hybridized carbons (Fsp3) is 0.484. The Morgan fingerprint density at radius 2 is 1.76 bits per heavy atom. The Kier molecular flexibility index (Phi) is 7.19. The van der Waals surface area contributed by atoms with E-state index in [2.05, 4.69) is 31.8 Å². The van der Waals surface area contributed by atoms with Crippen LogP contribution in [0, 0.1) is 0 Å². The molecule has 0 spiro atoms. The predicted molar refractivity (Wildman–Crippen MR) is 159 cm³/mol. The number of aromatic nitrogens is 2. The Labute approximate surface area is 245 Å². The summed E-state index contributed by atoms with van der Waals surface area (Å²) in [5.41, 5.74) is 5.10. The predicted octanol–water partition coefficient (Wildman–Crippen LogP) is 3.13. The van der Waals surface area contributed by atoms with Crippen molar-refractivity contribution in [3.05, 3.63) is 59.3 Å². The lowest BCUT2D eigenvalue weighted by Gasteiger charge is -2.40. The first kappa shape index (κ1) is 26.8. The first-order valence-corrected chi connectivity index (χ1v) is 15.2. The lowest BCUT2D eigenvalue weighted by atomic mass is 9.98. The summed E-state index contributed by atoms with van der Waals surface area (Å²) in [6, 6.07) is 11.1. The van der Waals surface area contributed by atoms with Crippen LogP contribution in [-0.2, 0) is 24.3 Å². The van der Waals surface area contributed by atoms with E-state index in [9.17, 15) is 14.4 Å². The van der Waals surface area contributed by atoms with Crippen LogP contribution in [0.15, 0.2) is 42.6 Å². The van der Waals surface area contributed by atoms with Crippen LogP contribution < -0.4 is 10.6 Å². The van der Waals surface area contributed by atoms with Gasteiger partial charge in [0.05, 0.1) is 11.7 Å². The van der Waals surface area contributed by atoms with Crippen molar-refractivity contribution in [3.63, 3.8) is 0 Å². The third kappa shape index (κ3) is 5.17. The summed E-state index contributed by atoms with van der Waals surface area (Å²) >= 11 is 0. The molecule has 2 fully saturated rings. The van der Waals surface area contributed by atoms with Gasteiger partial charge in [0.15, 0.2) is 0 Å². The lowest BCUT2D eigenvalue weighted by Crippen LogP contribution is -2.56. The molecule has 220 valence electrons. The number of nitrogens with one attached hydrogen (secondary N) is 3. The van der Waals surface area contributed by atoms with Gasteiger partial charge in [-0.1, -0.05) is 24.3 Å². The van der Waals surface area contributed by atoms with Crippen molar-refractivity contribution in [1.82, 2.24) is 35.1 Å². The minimum atomic E-state index is -0.635. The second kappa shape index (κ2) is 11.3. The number of H-pyrrole nitrogens is 1. The van der Waals surface area contributed by atoms with Gasteiger partial charge in [-0.05, 0) is 67.6 Å². The molecular weight excluding hydrogens is 532 g/mol. The van der Waals surface area contributed by atoms with Crippen LogP contribution in [0.2, 0.25) is 0 Å². The third-order valence-corrected chi connectivity index (χ3v) is 9.45. The van der Waals surface area contributed by atoms with E-state index < -0.39 is 6.04 Å². The van der Waals surface area contributed by atoms with Crippen LogP contribution in [0.5, 0.6) is 0 Å². The van der Waals surface area contributed by atoms with Crippen LogP contribution in [0.4, 0.5) is 15.3 Å². The Morgan fingerprint density at radius 3 is 2.60 bits per heavy atom. The van der Waals surface area contributed by atoms with Gasteiger partial charge in [0.25, 0.3) is 0 Å². The zero-order valence-electron chi connectivity index (χ0n) is 23.8. The van der Waals surface area contributed by atoms with E-state index in [1.54, 1.807) is 4.90 Å². The maximum Gasteiger partial charge on any atom is 0.322 e. The van der Waals surface area contributed by atoms with Crippen molar-refractivity contribution < 1.29 is 14.4 Å². The van der Waals surface area contributed by atoms with Gasteiger partial charge in [0, 0.05) is 62.8 Å². The average molecular weight is 571 g/mol. The number of carbonyl (C=O) groups is 3. The molecule has 0 radical (unpaired) electrons. The Hall–Kier alpha value is -4.12. The van der Waals surface area contributed by atoms with Crippen molar-refractivity contribution in [3.8, 4) is 0 Å². The lowest BCUT2D eigenvalue weighted by molar-refractivity contribution is -0.133. The van der Waals surface area contributed by atoms with E-state index >= 15 is 0 Å². The number of hydrogen-bond acceptors (Lipinski definition) is 5. The molecule has 0 aliphatic carbocycles. The van der Waals surface area contributed by atoms with Crippen molar-refractivity contribution >= 4 is 34.6 Å². The normalized spacial score (nSPS) is 21.7. The standard InChI is InChI=1S/C31H38N8O3/c40-29-28(17-21-7-8-27-24(18-32-35-27)25(21)20-38(29)16-15-36-11-3-4-12-36)34-30(41)37-13-9-23(10-14-37)39-19-22-5-1-2-6-26(22)33-31(39)42/h1-2,5-8,18,23,28H,3-4,9-17,19-20H2,(H,32,35)(H,33,42)(H,34,41)/t28-/m1/s1. The third-order valence-electron chi connectivity index (χ3n) is 9.45. The zero-order chi connectivity index (χ0) is 28.6. The fourth-order valence-electron chi connectivity index (χ4n) is 7.00. The van der Waals surface area contributed by atoms with E-state index in [0.29, 0.717) is 52.0 Å². The fourth-order valence-corrected chi connectivity index (χ4v) is 7.00. The Morgan fingerprint density at radius 1 is 0.952 bits per heavy atom. The molecule has 7 rings (SSSR count). The molecule has 42 heavy (non-hydrogen) atoms. The maximum absolute atomic E-state index is 13.9. The van der Waals surface area contributed by atoms with Gasteiger partial charge in [-0.15, -0.1) is 0 Å². The molecule has 1 aromatic heterocycles. The molecule has 0 saturated carbocycles. The molecule has 3 N–H and O–H groups in total. The SMILES string of the molecule is O=C(N[C@@H]1Cc2ccc3[nH]ncc3c2CN(CCN2CCCC2)C1=O)N1CCC(N2Cc3ccccc3NC2=O)CC1. The van der Waals surface area contributed by atoms with E-state index in [1.807, 2.05) is 46.3 Å². The van der Waals surface area contributed by atoms with Crippen LogP contribution in [-0.4, -0.2) is 99.1 Å². The van der Waals surface area contributed by atoms with Crippen molar-refractivity contribution in [1.29, 1.82) is 0 Å². The first-order chi connectivity index (χ1) is 20.5. The summed E-state index contributed by atoms with van der Waals surface area (Å²) in [6.45, 7) is 5.78. The topological polar surface area (TPSA) is 117 Å². The molecule has 0 unspecified atom stereocenters. The number of likely N-dealkylation sites (tertiary alicyclic amines) is 2. The molecule has 5 amide bonds. The number of aromatic amines is 1. The molecule has 2 saturated heterocycles. The smallest absolute Gasteiger partial charge is 0.322 e. The Balaban J connectivity index is 1.03. The number of urea groups is 2. The van der Waals surface area contributed by atoms with Crippen molar-refractivity contribution in [2.45, 2.75) is 57.3 Å². The van der Waals surface area contributed by atoms with Gasteiger partial charge in [-0.3, -0.25) is 9.89 Å². The highest BCUT2D eigenvalue weighted by molar-refractivity contribution is 5.93. The van der Waals surface area contributed by atoms with Crippen LogP contribution in [0.25, 0.3) is 10.9 Å². The van der Waals surface area contributed by atoms with Crippen molar-refractivity contribution in [2.24, 2.45) is 0 Å². The monoisotopic (exact) mass is 570 g/mol. The van der Waals surface area contributed by atoms with Gasteiger partial charge < -0.3 is 30.2 Å². The number of anilines is 1. The van der Waals surface area contributed by atoms with Gasteiger partial charge in [0.2, 0.25) is 5.91 Å².